The molecule has 0 fully saturated rings. The summed E-state index contributed by atoms with van der Waals surface area (Å²) in [6, 6.07) is 0. The minimum Gasteiger partial charge on any atom is -0.370 e. The molecule has 2 N–H and O–H groups in total. The Morgan fingerprint density at radius 1 is 1.46 bits per heavy atom. The number of fused-ring (bicyclic) bond motifs is 5. The van der Waals surface area contributed by atoms with Crippen LogP contribution in [0.2, 0.25) is 0 Å². The highest BCUT2D eigenvalue weighted by Gasteiger charge is 2.31. The third-order valence-corrected chi connectivity index (χ3v) is 5.64. The first-order valence-corrected chi connectivity index (χ1v) is 9.52. The molecule has 26 heavy (non-hydrogen) atoms. The van der Waals surface area contributed by atoms with E-state index in [9.17, 15) is 4.79 Å². The van der Waals surface area contributed by atoms with Gasteiger partial charge in [-0.3, -0.25) is 4.79 Å². The van der Waals surface area contributed by atoms with Gasteiger partial charge in [0.05, 0.1) is 44.8 Å². The van der Waals surface area contributed by atoms with E-state index in [1.54, 1.807) is 22.2 Å². The maximum absolute atomic E-state index is 12.4. The number of carbonyl (C=O) groups excluding carboxylic acids is 1. The lowest BCUT2D eigenvalue weighted by molar-refractivity contribution is -0.856. The van der Waals surface area contributed by atoms with Crippen LogP contribution in [0, 0.1) is 0 Å². The maximum Gasteiger partial charge on any atom is 0.291 e. The van der Waals surface area contributed by atoms with Crippen molar-refractivity contribution < 1.29 is 14.4 Å². The van der Waals surface area contributed by atoms with Gasteiger partial charge in [0, 0.05) is 11.3 Å². The normalized spacial score (nSPS) is 16.3. The van der Waals surface area contributed by atoms with Gasteiger partial charge in [-0.05, 0) is 19.4 Å². The Hall–Kier alpha value is -2.10. The van der Waals surface area contributed by atoms with Crippen molar-refractivity contribution in [2.75, 3.05) is 27.2 Å². The second-order valence-electron chi connectivity index (χ2n) is 7.57. The molecule has 0 bridgehead atoms. The number of quaternary nitrogens is 1. The van der Waals surface area contributed by atoms with Gasteiger partial charge in [-0.1, -0.05) is 0 Å². The van der Waals surface area contributed by atoms with Crippen molar-refractivity contribution in [1.29, 1.82) is 0 Å². The van der Waals surface area contributed by atoms with Gasteiger partial charge in [-0.2, -0.15) is 0 Å². The maximum atomic E-state index is 12.4. The molecule has 0 atom stereocenters. The van der Waals surface area contributed by atoms with E-state index in [0.717, 1.165) is 23.2 Å². The van der Waals surface area contributed by atoms with Gasteiger partial charge in [0.2, 0.25) is 5.82 Å². The van der Waals surface area contributed by atoms with Gasteiger partial charge >= 0.3 is 0 Å². The van der Waals surface area contributed by atoms with Crippen LogP contribution in [0.25, 0.3) is 15.9 Å². The van der Waals surface area contributed by atoms with E-state index < -0.39 is 0 Å². The van der Waals surface area contributed by atoms with E-state index in [4.69, 9.17) is 4.74 Å². The number of carbonyl (C=O) groups is 1. The lowest BCUT2D eigenvalue weighted by atomic mass is 9.94. The number of nitrogens with zero attached hydrogens (tertiary/aromatic N) is 4. The molecule has 4 rings (SSSR count). The minimum absolute atomic E-state index is 0.180. The molecular weight excluding hydrogens is 352 g/mol. The predicted octanol–water partition coefficient (Wildman–Crippen LogP) is 0.0646. The predicted molar refractivity (Wildman–Crippen MR) is 98.7 cm³/mol. The quantitative estimate of drug-likeness (QED) is 0.674. The number of ether oxygens (including phenoxy) is 1. The van der Waals surface area contributed by atoms with Gasteiger partial charge < -0.3 is 15.0 Å². The topological polar surface area (TPSA) is 85.9 Å². The molecular formula is C17H23N6O2S+. The zero-order chi connectivity index (χ0) is 18.5. The number of hydrogen-bond donors (Lipinski definition) is 2. The van der Waals surface area contributed by atoms with Crippen molar-refractivity contribution in [3.05, 3.63) is 22.6 Å². The summed E-state index contributed by atoms with van der Waals surface area (Å²) in [4.78, 5) is 24.8. The molecule has 0 aliphatic carbocycles. The average molecular weight is 375 g/mol. The van der Waals surface area contributed by atoms with Crippen LogP contribution in [0.3, 0.4) is 0 Å². The molecule has 138 valence electrons. The molecule has 0 saturated heterocycles. The fraction of sp³-hybridized carbons (Fsp3) is 0.529. The number of nitrogens with one attached hydrogen (secondary N) is 2. The molecule has 1 aliphatic heterocycles. The number of rotatable bonds is 4. The molecule has 0 saturated carbocycles. The molecule has 1 amide bonds. The van der Waals surface area contributed by atoms with E-state index in [2.05, 4.69) is 34.2 Å². The van der Waals surface area contributed by atoms with E-state index in [-0.39, 0.29) is 17.3 Å². The summed E-state index contributed by atoms with van der Waals surface area (Å²) >= 11 is 1.63. The van der Waals surface area contributed by atoms with E-state index in [1.807, 2.05) is 14.1 Å². The third-order valence-electron chi connectivity index (χ3n) is 4.52. The van der Waals surface area contributed by atoms with Crippen LogP contribution in [-0.2, 0) is 17.8 Å². The van der Waals surface area contributed by atoms with Gasteiger partial charge in [0.25, 0.3) is 5.91 Å². The van der Waals surface area contributed by atoms with Crippen LogP contribution in [0.1, 0.15) is 34.9 Å². The second kappa shape index (κ2) is 6.26. The second-order valence-corrected chi connectivity index (χ2v) is 8.65. The van der Waals surface area contributed by atoms with Crippen molar-refractivity contribution in [3.63, 3.8) is 0 Å². The number of aromatic nitrogens is 4. The first-order valence-electron chi connectivity index (χ1n) is 8.71. The summed E-state index contributed by atoms with van der Waals surface area (Å²) in [6.07, 6.45) is 2.42. The number of likely N-dealkylation sites (N-methyl/N-ethyl adjacent to an activating group) is 1. The Kier molecular flexibility index (Phi) is 4.17. The average Bonchev–Trinajstić information content (AvgIpc) is 3.13. The summed E-state index contributed by atoms with van der Waals surface area (Å²) in [7, 11) is 4.09. The van der Waals surface area contributed by atoms with Gasteiger partial charge in [0.1, 0.15) is 11.2 Å². The summed E-state index contributed by atoms with van der Waals surface area (Å²) in [5.41, 5.74) is 1.69. The van der Waals surface area contributed by atoms with Crippen LogP contribution < -0.4 is 10.2 Å². The Morgan fingerprint density at radius 3 is 3.04 bits per heavy atom. The molecule has 0 radical (unpaired) electrons. The Labute approximate surface area is 155 Å². The summed E-state index contributed by atoms with van der Waals surface area (Å²) in [5.74, 6) is -0.0739. The molecule has 0 unspecified atom stereocenters. The van der Waals surface area contributed by atoms with Crippen LogP contribution >= 0.6 is 11.3 Å². The fourth-order valence-corrected chi connectivity index (χ4v) is 4.21. The summed E-state index contributed by atoms with van der Waals surface area (Å²) in [5, 5.41) is 8.19. The SMILES string of the molecule is C[NH+](C)CCNC(=O)c1nc2c3c4c(sc3ncn2n1)COC(C)(C)C4. The van der Waals surface area contributed by atoms with Crippen LogP contribution in [-0.4, -0.2) is 58.3 Å². The van der Waals surface area contributed by atoms with Gasteiger partial charge in [-0.25, -0.2) is 14.5 Å². The van der Waals surface area contributed by atoms with Crippen molar-refractivity contribution in [2.45, 2.75) is 32.5 Å². The number of thiophene rings is 1. The van der Waals surface area contributed by atoms with Crippen LogP contribution in [0.15, 0.2) is 6.33 Å². The van der Waals surface area contributed by atoms with Crippen molar-refractivity contribution in [2.24, 2.45) is 0 Å². The lowest BCUT2D eigenvalue weighted by Crippen LogP contribution is -3.06. The van der Waals surface area contributed by atoms with Gasteiger partial charge in [0.15, 0.2) is 5.65 Å². The minimum atomic E-state index is -0.254. The Bertz CT molecular complexity index is 990. The van der Waals surface area contributed by atoms with Gasteiger partial charge in [-0.15, -0.1) is 16.4 Å². The Balaban J connectivity index is 1.73. The van der Waals surface area contributed by atoms with E-state index in [0.29, 0.717) is 18.8 Å². The molecule has 0 aromatic carbocycles. The fourth-order valence-electron chi connectivity index (χ4n) is 3.14. The molecule has 8 nitrogen and oxygen atoms in total. The zero-order valence-corrected chi connectivity index (χ0v) is 16.2. The highest BCUT2D eigenvalue weighted by atomic mass is 32.1. The largest absolute Gasteiger partial charge is 0.370 e. The molecule has 3 aromatic heterocycles. The van der Waals surface area contributed by atoms with E-state index >= 15 is 0 Å². The zero-order valence-electron chi connectivity index (χ0n) is 15.4. The standard InChI is InChI=1S/C17H22N6O2S/c1-17(2)7-10-11(8-25-17)26-16-12(10)14-20-13(21-23(14)9-19-16)15(24)18-5-6-22(3)4/h9H,5-8H2,1-4H3,(H,18,24)/p+1. The number of hydrogen-bond acceptors (Lipinski definition) is 6. The summed E-state index contributed by atoms with van der Waals surface area (Å²) in [6.45, 7) is 6.19. The third kappa shape index (κ3) is 3.06. The smallest absolute Gasteiger partial charge is 0.291 e. The van der Waals surface area contributed by atoms with Crippen molar-refractivity contribution >= 4 is 33.1 Å². The Morgan fingerprint density at radius 2 is 2.27 bits per heavy atom. The molecule has 1 aliphatic rings. The number of amides is 1. The molecule has 9 heteroatoms. The van der Waals surface area contributed by atoms with Crippen molar-refractivity contribution in [1.82, 2.24) is 24.9 Å². The molecule has 0 spiro atoms. The monoisotopic (exact) mass is 375 g/mol. The highest BCUT2D eigenvalue weighted by Crippen LogP contribution is 2.39. The lowest BCUT2D eigenvalue weighted by Gasteiger charge is -2.30. The van der Waals surface area contributed by atoms with Crippen LogP contribution in [0.5, 0.6) is 0 Å². The molecule has 4 heterocycles. The summed E-state index contributed by atoms with van der Waals surface area (Å²) < 4.78 is 7.52. The highest BCUT2D eigenvalue weighted by molar-refractivity contribution is 7.19. The van der Waals surface area contributed by atoms with Crippen molar-refractivity contribution in [3.8, 4) is 0 Å². The van der Waals surface area contributed by atoms with E-state index in [1.165, 1.54) is 15.3 Å². The van der Waals surface area contributed by atoms with Crippen LogP contribution in [0.4, 0.5) is 0 Å². The first kappa shape index (κ1) is 17.3. The first-order chi connectivity index (χ1) is 12.3. The molecule has 3 aromatic rings.